The van der Waals surface area contributed by atoms with E-state index in [1.807, 2.05) is 27.7 Å². The first-order chi connectivity index (χ1) is 26.2. The summed E-state index contributed by atoms with van der Waals surface area (Å²) < 4.78 is 15.8. The third-order valence-corrected chi connectivity index (χ3v) is 8.56. The smallest absolute Gasteiger partial charge is 0.412 e. The zero-order valence-electron chi connectivity index (χ0n) is 33.1. The van der Waals surface area contributed by atoms with Crippen molar-refractivity contribution >= 4 is 23.7 Å². The van der Waals surface area contributed by atoms with E-state index >= 15 is 0 Å². The van der Waals surface area contributed by atoms with E-state index in [0.29, 0.717) is 11.4 Å². The Kier molecular flexibility index (Phi) is 15.7. The number of amides is 1. The summed E-state index contributed by atoms with van der Waals surface area (Å²) in [4.78, 5) is 61.4. The summed E-state index contributed by atoms with van der Waals surface area (Å²) >= 11 is 0. The monoisotopic (exact) mass is 755 g/mol. The first-order valence-corrected chi connectivity index (χ1v) is 18.7. The molecule has 0 saturated carbocycles. The van der Waals surface area contributed by atoms with Crippen molar-refractivity contribution in [2.75, 3.05) is 5.32 Å². The number of hydrogen-bond acceptors (Lipinski definition) is 13. The van der Waals surface area contributed by atoms with Crippen LogP contribution in [0.25, 0.3) is 0 Å². The molecule has 3 aromatic heterocycles. The highest BCUT2D eigenvalue weighted by molar-refractivity contribution is 5.90. The molecule has 14 heteroatoms. The number of aliphatic hydroxyl groups excluding tert-OH is 1. The molecule has 1 amide bonds. The highest BCUT2D eigenvalue weighted by Crippen LogP contribution is 2.38. The fraction of sp³-hybridized carbons (Fsp3) is 0.488. The van der Waals surface area contributed by atoms with Gasteiger partial charge in [0, 0.05) is 50.0 Å². The lowest BCUT2D eigenvalue weighted by atomic mass is 9.99. The van der Waals surface area contributed by atoms with Gasteiger partial charge in [-0.3, -0.25) is 35.2 Å². The minimum Gasteiger partial charge on any atom is -0.461 e. The van der Waals surface area contributed by atoms with Crippen molar-refractivity contribution < 1.29 is 33.7 Å². The Morgan fingerprint density at radius 2 is 1.05 bits per heavy atom. The van der Waals surface area contributed by atoms with Crippen LogP contribution in [0.4, 0.5) is 10.5 Å². The Labute approximate surface area is 322 Å². The van der Waals surface area contributed by atoms with Crippen LogP contribution in [0.3, 0.4) is 0 Å². The molecule has 294 valence electrons. The molecule has 2 unspecified atom stereocenters. The van der Waals surface area contributed by atoms with Gasteiger partial charge in [0.05, 0.1) is 52.1 Å². The van der Waals surface area contributed by atoms with Crippen LogP contribution >= 0.6 is 0 Å². The summed E-state index contributed by atoms with van der Waals surface area (Å²) in [5.74, 6) is -1.21. The third kappa shape index (κ3) is 13.5. The minimum absolute atomic E-state index is 0.108. The molecule has 4 aromatic rings. The maximum atomic E-state index is 12.9. The third-order valence-electron chi connectivity index (χ3n) is 8.56. The molecule has 3 heterocycles. The maximum Gasteiger partial charge on any atom is 0.412 e. The molecule has 0 fully saturated rings. The number of rotatable bonds is 10. The molecule has 2 aliphatic carbocycles. The zero-order valence-corrected chi connectivity index (χ0v) is 33.1. The lowest BCUT2D eigenvalue weighted by Crippen LogP contribution is -2.34. The topological polar surface area (TPSA) is 188 Å². The predicted octanol–water partition coefficient (Wildman–Crippen LogP) is 5.61. The lowest BCUT2D eigenvalue weighted by Gasteiger charge is -2.20. The minimum atomic E-state index is -1.18. The van der Waals surface area contributed by atoms with Crippen molar-refractivity contribution in [3.8, 4) is 0 Å². The van der Waals surface area contributed by atoms with Gasteiger partial charge in [0.25, 0.3) is 0 Å². The van der Waals surface area contributed by atoms with Crippen molar-refractivity contribution in [1.29, 1.82) is 0 Å². The number of aliphatic hydroxyl groups is 1. The number of fused-ring (bicyclic) bond motifs is 2. The van der Waals surface area contributed by atoms with Gasteiger partial charge in [-0.1, -0.05) is 6.07 Å². The number of carbonyl (C=O) groups excluding carboxylic acids is 3. The standard InChI is InChI=1S/C24H29N3O4.C11H16N2O3.C6H8N2/c1-14(2)30-23(28)21(11-18-13-25-15(3)12-26-18)31-24(29)27-22-19-8-4-6-16(19)10-17-7-5-9-20(17)22;1-7(2)16-11(15)10(14)4-9-6-12-8(3)5-13-9;1-5-3-8-6(2)4-7-5/h10,12-14,21H,4-9,11H2,1-3H3,(H,27,29);5-7,10,14H,4H2,1-3H3;3-4H,1-2H3. The van der Waals surface area contributed by atoms with Gasteiger partial charge >= 0.3 is 18.0 Å². The number of benzene rings is 1. The maximum absolute atomic E-state index is 12.9. The first kappa shape index (κ1) is 42.4. The number of esters is 2. The molecule has 0 aliphatic heterocycles. The molecule has 0 saturated heterocycles. The van der Waals surface area contributed by atoms with Crippen molar-refractivity contribution in [1.82, 2.24) is 29.9 Å². The quantitative estimate of drug-likeness (QED) is 0.150. The van der Waals surface area contributed by atoms with Gasteiger partial charge in [-0.15, -0.1) is 0 Å². The van der Waals surface area contributed by atoms with E-state index in [4.69, 9.17) is 14.2 Å². The van der Waals surface area contributed by atoms with Crippen molar-refractivity contribution in [2.45, 2.75) is 131 Å². The summed E-state index contributed by atoms with van der Waals surface area (Å²) in [5, 5.41) is 12.5. The fourth-order valence-corrected chi connectivity index (χ4v) is 6.00. The van der Waals surface area contributed by atoms with Gasteiger partial charge < -0.3 is 19.3 Å². The lowest BCUT2D eigenvalue weighted by molar-refractivity contribution is -0.158. The summed E-state index contributed by atoms with van der Waals surface area (Å²) in [7, 11) is 0. The van der Waals surface area contributed by atoms with Gasteiger partial charge in [-0.2, -0.15) is 0 Å². The summed E-state index contributed by atoms with van der Waals surface area (Å²) in [6, 6.07) is 2.31. The number of nitrogens with one attached hydrogen (secondary N) is 1. The van der Waals surface area contributed by atoms with Crippen LogP contribution in [-0.4, -0.2) is 77.5 Å². The summed E-state index contributed by atoms with van der Waals surface area (Å²) in [6.07, 6.45) is 12.8. The molecule has 0 spiro atoms. The average molecular weight is 756 g/mol. The Balaban J connectivity index is 0.000000232. The Hall–Kier alpha value is -5.37. The largest absolute Gasteiger partial charge is 0.461 e. The highest BCUT2D eigenvalue weighted by Gasteiger charge is 2.29. The van der Waals surface area contributed by atoms with Gasteiger partial charge in [0.1, 0.15) is 0 Å². The molecule has 0 bridgehead atoms. The second-order valence-corrected chi connectivity index (χ2v) is 14.2. The van der Waals surface area contributed by atoms with Crippen molar-refractivity contribution in [3.05, 3.63) is 99.7 Å². The normalized spacial score (nSPS) is 13.7. The van der Waals surface area contributed by atoms with E-state index in [9.17, 15) is 19.5 Å². The molecule has 55 heavy (non-hydrogen) atoms. The number of anilines is 1. The molecule has 2 N–H and O–H groups in total. The van der Waals surface area contributed by atoms with Crippen molar-refractivity contribution in [3.63, 3.8) is 0 Å². The van der Waals surface area contributed by atoms with E-state index in [2.05, 4.69) is 41.3 Å². The van der Waals surface area contributed by atoms with Crippen LogP contribution in [0.15, 0.2) is 43.2 Å². The van der Waals surface area contributed by atoms with Gasteiger partial charge in [0.15, 0.2) is 6.10 Å². The van der Waals surface area contributed by atoms with Crippen LogP contribution in [0.5, 0.6) is 0 Å². The van der Waals surface area contributed by atoms with Crippen molar-refractivity contribution in [2.24, 2.45) is 0 Å². The van der Waals surface area contributed by atoms with E-state index in [1.165, 1.54) is 22.3 Å². The average Bonchev–Trinajstić information content (AvgIpc) is 3.81. The Morgan fingerprint density at radius 1 is 0.618 bits per heavy atom. The Bertz CT molecular complexity index is 1830. The molecule has 1 aromatic carbocycles. The zero-order chi connectivity index (χ0) is 40.1. The molecule has 2 atom stereocenters. The van der Waals surface area contributed by atoms with Gasteiger partial charge in [0.2, 0.25) is 6.10 Å². The summed E-state index contributed by atoms with van der Waals surface area (Å²) in [5.41, 5.74) is 10.6. The van der Waals surface area contributed by atoms with E-state index in [1.54, 1.807) is 64.9 Å². The predicted molar refractivity (Wildman–Crippen MR) is 205 cm³/mol. The second-order valence-electron chi connectivity index (χ2n) is 14.2. The van der Waals surface area contributed by atoms with Crippen LogP contribution < -0.4 is 5.32 Å². The van der Waals surface area contributed by atoms with E-state index in [-0.39, 0.29) is 25.0 Å². The highest BCUT2D eigenvalue weighted by atomic mass is 16.6. The van der Waals surface area contributed by atoms with E-state index < -0.39 is 30.2 Å². The van der Waals surface area contributed by atoms with E-state index in [0.717, 1.165) is 67.0 Å². The first-order valence-electron chi connectivity index (χ1n) is 18.7. The fourth-order valence-electron chi connectivity index (χ4n) is 6.00. The number of aryl methyl sites for hydroxylation is 6. The second kappa shape index (κ2) is 20.3. The van der Waals surface area contributed by atoms with Crippen LogP contribution in [0, 0.1) is 27.7 Å². The van der Waals surface area contributed by atoms with Crippen LogP contribution in [0.1, 0.15) is 97.0 Å². The molecular weight excluding hydrogens is 702 g/mol. The number of ether oxygens (including phenoxy) is 3. The SMILES string of the molecule is Cc1cnc(C)cn1.Cc1cnc(CC(O)C(=O)OC(C)C)cn1.Cc1cnc(CC(OC(=O)Nc2c3c(cc4c2CCC4)CCC3)C(=O)OC(C)C)cn1. The molecular formula is C41H53N7O7. The number of carbonyl (C=O) groups is 3. The summed E-state index contributed by atoms with van der Waals surface area (Å²) in [6.45, 7) is 14.5. The number of aromatic nitrogens is 6. The molecule has 0 radical (unpaired) electrons. The van der Waals surface area contributed by atoms with Crippen LogP contribution in [0.2, 0.25) is 0 Å². The molecule has 2 aliphatic rings. The van der Waals surface area contributed by atoms with Crippen LogP contribution in [-0.2, 0) is 62.3 Å². The molecule has 6 rings (SSSR count). The van der Waals surface area contributed by atoms with Gasteiger partial charge in [-0.25, -0.2) is 14.4 Å². The van der Waals surface area contributed by atoms with Gasteiger partial charge in [-0.05, 0) is 116 Å². The number of nitrogens with zero attached hydrogens (tertiary/aromatic N) is 6. The number of hydrogen-bond donors (Lipinski definition) is 2. The Morgan fingerprint density at radius 3 is 1.49 bits per heavy atom. The molecule has 14 nitrogen and oxygen atoms in total.